The molecule has 1 aromatic carbocycles. The number of aliphatic carboxylic acids is 1. The van der Waals surface area contributed by atoms with Gasteiger partial charge in [-0.2, -0.15) is 0 Å². The van der Waals surface area contributed by atoms with Crippen molar-refractivity contribution < 1.29 is 29.6 Å². The van der Waals surface area contributed by atoms with E-state index in [4.69, 9.17) is 4.74 Å². The van der Waals surface area contributed by atoms with Crippen LogP contribution in [0.3, 0.4) is 0 Å². The lowest BCUT2D eigenvalue weighted by molar-refractivity contribution is -0.132. The Bertz CT molecular complexity index is 996. The van der Waals surface area contributed by atoms with Gasteiger partial charge in [0, 0.05) is 18.1 Å². The van der Waals surface area contributed by atoms with Crippen LogP contribution in [0.15, 0.2) is 34.4 Å². The first-order valence-corrected chi connectivity index (χ1v) is 9.71. The van der Waals surface area contributed by atoms with Crippen LogP contribution in [-0.4, -0.2) is 40.3 Å². The molecule has 0 spiro atoms. The molecule has 0 fully saturated rings. The van der Waals surface area contributed by atoms with Gasteiger partial charge in [-0.3, -0.25) is 4.79 Å². The molecule has 6 heteroatoms. The molecule has 0 heterocycles. The number of phenols is 2. The highest BCUT2D eigenvalue weighted by atomic mass is 16.5. The Hall–Kier alpha value is -2.86. The van der Waals surface area contributed by atoms with Crippen molar-refractivity contribution in [2.45, 2.75) is 54.6 Å². The molecule has 0 radical (unpaired) electrons. The maximum absolute atomic E-state index is 13.0. The third-order valence-corrected chi connectivity index (χ3v) is 6.59. The zero-order chi connectivity index (χ0) is 23.1. The first kappa shape index (κ1) is 23.4. The average Bonchev–Trinajstić information content (AvgIpc) is 2.68. The number of phenolic OH excluding ortho intramolecular Hbond substituents is 2. The summed E-state index contributed by atoms with van der Waals surface area (Å²) in [6.45, 7) is 12.1. The van der Waals surface area contributed by atoms with E-state index in [1.54, 1.807) is 40.7 Å². The van der Waals surface area contributed by atoms with E-state index < -0.39 is 23.3 Å². The highest BCUT2D eigenvalue weighted by Gasteiger charge is 2.42. The number of methoxy groups -OCH3 is 1. The average molecular weight is 414 g/mol. The number of ketones is 1. The number of hydrogen-bond acceptors (Lipinski definition) is 5. The Morgan fingerprint density at radius 2 is 1.50 bits per heavy atom. The van der Waals surface area contributed by atoms with E-state index in [0.29, 0.717) is 27.8 Å². The first-order valence-electron chi connectivity index (χ1n) is 9.71. The van der Waals surface area contributed by atoms with Crippen molar-refractivity contribution in [2.24, 2.45) is 5.41 Å². The maximum atomic E-state index is 13.0. The molecule has 2 rings (SSSR count). The highest BCUT2D eigenvalue weighted by molar-refractivity contribution is 6.08. The number of carbonyl (C=O) groups excluding carboxylic acids is 1. The molecule has 1 aromatic rings. The summed E-state index contributed by atoms with van der Waals surface area (Å²) in [7, 11) is 1.51. The minimum absolute atomic E-state index is 0.0162. The fourth-order valence-electron chi connectivity index (χ4n) is 4.38. The van der Waals surface area contributed by atoms with Crippen molar-refractivity contribution in [3.8, 4) is 11.5 Å². The number of allylic oxidation sites excluding steroid dienone is 1. The van der Waals surface area contributed by atoms with Gasteiger partial charge >= 0.3 is 5.97 Å². The second kappa shape index (κ2) is 8.11. The molecule has 162 valence electrons. The van der Waals surface area contributed by atoms with Gasteiger partial charge in [0.2, 0.25) is 0 Å². The lowest BCUT2D eigenvalue weighted by atomic mass is 9.67. The van der Waals surface area contributed by atoms with Crippen LogP contribution in [0, 0.1) is 26.2 Å². The molecule has 30 heavy (non-hydrogen) atoms. The number of carboxylic acids is 1. The molecule has 2 unspecified atom stereocenters. The lowest BCUT2D eigenvalue weighted by Crippen LogP contribution is -2.39. The number of hydrogen-bond donors (Lipinski definition) is 3. The third-order valence-electron chi connectivity index (χ3n) is 6.59. The molecule has 0 saturated carbocycles. The Balaban J connectivity index is 2.60. The Morgan fingerprint density at radius 3 is 2.00 bits per heavy atom. The normalized spacial score (nSPS) is 22.2. The van der Waals surface area contributed by atoms with Crippen LogP contribution in [0.25, 0.3) is 0 Å². The molecule has 0 aliphatic heterocycles. The summed E-state index contributed by atoms with van der Waals surface area (Å²) in [5.74, 6) is -1.63. The molecule has 0 amide bonds. The van der Waals surface area contributed by atoms with Gasteiger partial charge in [0.1, 0.15) is 11.5 Å². The molecule has 0 saturated heterocycles. The van der Waals surface area contributed by atoms with E-state index >= 15 is 0 Å². The van der Waals surface area contributed by atoms with Crippen molar-refractivity contribution in [3.63, 3.8) is 0 Å². The SMILES string of the molecule is COC1C(C)=C(C(=O)O)C(C)=C(C)C1(C)C=CC(=O)c1c(C)c(O)c(C)c(C)c1O. The summed E-state index contributed by atoms with van der Waals surface area (Å²) in [6.07, 6.45) is 2.48. The molecule has 0 bridgehead atoms. The largest absolute Gasteiger partial charge is 0.507 e. The third kappa shape index (κ3) is 3.45. The van der Waals surface area contributed by atoms with Crippen molar-refractivity contribution >= 4 is 11.8 Å². The predicted molar refractivity (Wildman–Crippen MR) is 115 cm³/mol. The standard InChI is InChI=1S/C24H30O6/c1-11-12(2)21(27)19(14(4)20(11)26)17(25)9-10-24(7)16(6)13(3)18(23(28)29)15(5)22(24)30-8/h9-10,22,26-27H,1-8H3,(H,28,29). The van der Waals surface area contributed by atoms with E-state index in [1.807, 2.05) is 13.8 Å². The first-order chi connectivity index (χ1) is 13.8. The monoisotopic (exact) mass is 414 g/mol. The zero-order valence-corrected chi connectivity index (χ0v) is 18.8. The zero-order valence-electron chi connectivity index (χ0n) is 18.8. The van der Waals surface area contributed by atoms with Gasteiger partial charge in [-0.25, -0.2) is 4.79 Å². The minimum atomic E-state index is -1.01. The summed E-state index contributed by atoms with van der Waals surface area (Å²) >= 11 is 0. The fraction of sp³-hybridized carbons (Fsp3) is 0.417. The van der Waals surface area contributed by atoms with Gasteiger partial charge in [-0.15, -0.1) is 0 Å². The summed E-state index contributed by atoms with van der Waals surface area (Å²) < 4.78 is 5.65. The van der Waals surface area contributed by atoms with Crippen LogP contribution in [0.2, 0.25) is 0 Å². The van der Waals surface area contributed by atoms with Crippen LogP contribution in [-0.2, 0) is 9.53 Å². The second-order valence-corrected chi connectivity index (χ2v) is 8.16. The minimum Gasteiger partial charge on any atom is -0.507 e. The predicted octanol–water partition coefficient (Wildman–Crippen LogP) is 4.53. The van der Waals surface area contributed by atoms with Crippen LogP contribution in [0.1, 0.15) is 54.7 Å². The van der Waals surface area contributed by atoms with Crippen molar-refractivity contribution in [3.05, 3.63) is 56.7 Å². The van der Waals surface area contributed by atoms with Crippen LogP contribution >= 0.6 is 0 Å². The van der Waals surface area contributed by atoms with E-state index in [0.717, 1.165) is 5.57 Å². The molecular weight excluding hydrogens is 384 g/mol. The molecular formula is C24H30O6. The maximum Gasteiger partial charge on any atom is 0.335 e. The van der Waals surface area contributed by atoms with E-state index in [2.05, 4.69) is 0 Å². The molecule has 3 N–H and O–H groups in total. The van der Waals surface area contributed by atoms with E-state index in [9.17, 15) is 24.9 Å². The van der Waals surface area contributed by atoms with Crippen LogP contribution < -0.4 is 0 Å². The number of ether oxygens (including phenoxy) is 1. The molecule has 2 atom stereocenters. The Morgan fingerprint density at radius 1 is 0.967 bits per heavy atom. The van der Waals surface area contributed by atoms with Crippen molar-refractivity contribution in [1.82, 2.24) is 0 Å². The molecule has 1 aliphatic carbocycles. The number of benzene rings is 1. The molecule has 1 aliphatic rings. The van der Waals surface area contributed by atoms with Gasteiger partial charge in [-0.1, -0.05) is 11.6 Å². The molecule has 6 nitrogen and oxygen atoms in total. The topological polar surface area (TPSA) is 104 Å². The smallest absolute Gasteiger partial charge is 0.335 e. The van der Waals surface area contributed by atoms with Gasteiger partial charge in [0.15, 0.2) is 5.78 Å². The van der Waals surface area contributed by atoms with E-state index in [-0.39, 0.29) is 22.6 Å². The number of rotatable bonds is 5. The van der Waals surface area contributed by atoms with Crippen molar-refractivity contribution in [2.75, 3.05) is 7.11 Å². The van der Waals surface area contributed by atoms with Gasteiger partial charge in [-0.05, 0) is 76.8 Å². The Labute approximate surface area is 177 Å². The van der Waals surface area contributed by atoms with Crippen LogP contribution in [0.5, 0.6) is 11.5 Å². The summed E-state index contributed by atoms with van der Waals surface area (Å²) in [5.41, 5.74) is 2.81. The number of carbonyl (C=O) groups is 2. The fourth-order valence-corrected chi connectivity index (χ4v) is 4.38. The number of carboxylic acid groups (broad SMARTS) is 1. The van der Waals surface area contributed by atoms with E-state index in [1.165, 1.54) is 13.2 Å². The Kier molecular flexibility index (Phi) is 6.33. The van der Waals surface area contributed by atoms with Gasteiger partial charge in [0.25, 0.3) is 0 Å². The second-order valence-electron chi connectivity index (χ2n) is 8.16. The van der Waals surface area contributed by atoms with Crippen LogP contribution in [0.4, 0.5) is 0 Å². The van der Waals surface area contributed by atoms with Gasteiger partial charge in [0.05, 0.1) is 17.2 Å². The van der Waals surface area contributed by atoms with Crippen molar-refractivity contribution in [1.29, 1.82) is 0 Å². The quantitative estimate of drug-likeness (QED) is 0.371. The summed E-state index contributed by atoms with van der Waals surface area (Å²) in [4.78, 5) is 24.7. The number of aromatic hydroxyl groups is 2. The summed E-state index contributed by atoms with van der Waals surface area (Å²) in [6, 6.07) is 0. The molecule has 0 aromatic heterocycles. The lowest BCUT2D eigenvalue weighted by Gasteiger charge is -2.41. The highest BCUT2D eigenvalue weighted by Crippen LogP contribution is 2.46. The van der Waals surface area contributed by atoms with Gasteiger partial charge < -0.3 is 20.1 Å². The summed E-state index contributed by atoms with van der Waals surface area (Å²) in [5, 5.41) is 30.4.